The van der Waals surface area contributed by atoms with Crippen molar-refractivity contribution in [2.75, 3.05) is 32.8 Å². The number of benzene rings is 2. The molecule has 7 nitrogen and oxygen atoms in total. The van der Waals surface area contributed by atoms with Crippen LogP contribution in [-0.2, 0) is 28.1 Å². The number of ether oxygens (including phenoxy) is 1. The largest absolute Gasteiger partial charge is 0.367 e. The number of nitrogens with one attached hydrogen (secondary N) is 1. The summed E-state index contributed by atoms with van der Waals surface area (Å²) in [7, 11) is 0. The lowest BCUT2D eigenvalue weighted by molar-refractivity contribution is -0.136. The minimum atomic E-state index is -0.241. The molecule has 0 aliphatic carbocycles. The van der Waals surface area contributed by atoms with E-state index in [4.69, 9.17) is 9.72 Å². The number of hydrogen-bond acceptors (Lipinski definition) is 5. The highest BCUT2D eigenvalue weighted by atomic mass is 16.5. The van der Waals surface area contributed by atoms with Gasteiger partial charge >= 0.3 is 0 Å². The number of amides is 1. The molecule has 1 N–H and O–H groups in total. The number of aryl methyl sites for hydroxylation is 1. The second-order valence-corrected chi connectivity index (χ2v) is 9.01. The van der Waals surface area contributed by atoms with Gasteiger partial charge in [0.15, 0.2) is 5.82 Å². The molecule has 2 saturated heterocycles. The summed E-state index contributed by atoms with van der Waals surface area (Å²) < 4.78 is 5.72. The van der Waals surface area contributed by atoms with E-state index in [0.717, 1.165) is 36.8 Å². The predicted molar refractivity (Wildman–Crippen MR) is 121 cm³/mol. The van der Waals surface area contributed by atoms with Crippen LogP contribution in [-0.4, -0.2) is 63.7 Å². The van der Waals surface area contributed by atoms with Crippen molar-refractivity contribution in [3.63, 3.8) is 0 Å². The lowest BCUT2D eigenvalue weighted by Crippen LogP contribution is -2.41. The Labute approximate surface area is 188 Å². The number of carbonyl (C=O) groups is 1. The van der Waals surface area contributed by atoms with Crippen molar-refractivity contribution in [3.8, 4) is 0 Å². The average Bonchev–Trinajstić information content (AvgIpc) is 3.48. The van der Waals surface area contributed by atoms with E-state index in [9.17, 15) is 4.79 Å². The van der Waals surface area contributed by atoms with E-state index in [1.54, 1.807) is 0 Å². The Morgan fingerprint density at radius 2 is 1.78 bits per heavy atom. The minimum absolute atomic E-state index is 0.0385. The van der Waals surface area contributed by atoms with E-state index < -0.39 is 0 Å². The number of fused-ring (bicyclic) bond motifs is 1. The van der Waals surface area contributed by atoms with Crippen LogP contribution < -0.4 is 0 Å². The maximum atomic E-state index is 13.0. The molecule has 3 heterocycles. The van der Waals surface area contributed by atoms with E-state index in [1.807, 2.05) is 48.2 Å². The molecule has 32 heavy (non-hydrogen) atoms. The lowest BCUT2D eigenvalue weighted by Gasteiger charge is -2.27. The second-order valence-electron chi connectivity index (χ2n) is 9.01. The number of aromatic nitrogens is 3. The Morgan fingerprint density at radius 3 is 2.47 bits per heavy atom. The van der Waals surface area contributed by atoms with Gasteiger partial charge in [0.05, 0.1) is 12.0 Å². The molecule has 5 rings (SSSR count). The number of nitrogens with zero attached hydrogens (tertiary/aromatic N) is 4. The topological polar surface area (TPSA) is 74.3 Å². The number of H-pyrrole nitrogens is 1. The van der Waals surface area contributed by atoms with Crippen molar-refractivity contribution < 1.29 is 9.53 Å². The van der Waals surface area contributed by atoms with E-state index in [-0.39, 0.29) is 17.9 Å². The van der Waals surface area contributed by atoms with Gasteiger partial charge in [0, 0.05) is 38.6 Å². The number of rotatable bonds is 7. The maximum Gasteiger partial charge on any atom is 0.248 e. The van der Waals surface area contributed by atoms with E-state index in [2.05, 4.69) is 39.4 Å². The van der Waals surface area contributed by atoms with Crippen LogP contribution in [0.1, 0.15) is 22.8 Å². The summed E-state index contributed by atoms with van der Waals surface area (Å²) in [5, 5.41) is 7.54. The molecule has 0 bridgehead atoms. The normalized spacial score (nSPS) is 22.9. The van der Waals surface area contributed by atoms with Gasteiger partial charge in [0.2, 0.25) is 5.91 Å². The highest BCUT2D eigenvalue weighted by Crippen LogP contribution is 2.44. The molecule has 166 valence electrons. The summed E-state index contributed by atoms with van der Waals surface area (Å²) >= 11 is 0. The van der Waals surface area contributed by atoms with E-state index in [1.165, 1.54) is 5.56 Å². The van der Waals surface area contributed by atoms with E-state index >= 15 is 0 Å². The molecule has 1 aromatic heterocycles. The molecule has 1 amide bonds. The van der Waals surface area contributed by atoms with Gasteiger partial charge in [-0.25, -0.2) is 4.98 Å². The molecule has 0 radical (unpaired) electrons. The molecule has 2 aliphatic heterocycles. The fourth-order valence-electron chi connectivity index (χ4n) is 5.12. The summed E-state index contributed by atoms with van der Waals surface area (Å²) in [5.41, 5.74) is 2.13. The molecule has 2 aromatic carbocycles. The fourth-order valence-corrected chi connectivity index (χ4v) is 5.12. The van der Waals surface area contributed by atoms with E-state index in [0.29, 0.717) is 25.6 Å². The number of aromatic amines is 1. The minimum Gasteiger partial charge on any atom is -0.367 e. The summed E-state index contributed by atoms with van der Waals surface area (Å²) in [5.74, 6) is 1.98. The van der Waals surface area contributed by atoms with Gasteiger partial charge < -0.3 is 9.64 Å². The third-order valence-electron chi connectivity index (χ3n) is 6.66. The third kappa shape index (κ3) is 4.18. The SMILES string of the molecule is Cc1nc([C@]23CN(Cc4ccccc4)C[C@H]2CN(C(=O)COCc2ccccc2)C3)n[nH]1. The van der Waals surface area contributed by atoms with Crippen LogP contribution in [0.5, 0.6) is 0 Å². The molecular weight excluding hydrogens is 402 g/mol. The standard InChI is InChI=1S/C25H29N5O2/c1-19-26-24(28-27-19)25-17-29(12-20-8-4-2-5-9-20)13-22(25)14-30(18-25)23(31)16-32-15-21-10-6-3-7-11-21/h2-11,22H,12-18H2,1H3,(H,26,27,28)/t22-,25-/m0/s1. The van der Waals surface area contributed by atoms with Gasteiger partial charge in [-0.05, 0) is 18.1 Å². The summed E-state index contributed by atoms with van der Waals surface area (Å²) in [4.78, 5) is 22.1. The average molecular weight is 432 g/mol. The molecule has 2 fully saturated rings. The zero-order chi connectivity index (χ0) is 22.0. The Hall–Kier alpha value is -3.03. The van der Waals surface area contributed by atoms with Crippen molar-refractivity contribution in [2.24, 2.45) is 5.92 Å². The predicted octanol–water partition coefficient (Wildman–Crippen LogP) is 2.54. The van der Waals surface area contributed by atoms with Gasteiger partial charge in [0.25, 0.3) is 0 Å². The first-order valence-corrected chi connectivity index (χ1v) is 11.2. The first-order valence-electron chi connectivity index (χ1n) is 11.2. The van der Waals surface area contributed by atoms with Crippen LogP contribution in [0, 0.1) is 12.8 Å². The molecule has 7 heteroatoms. The van der Waals surface area contributed by atoms with Crippen LogP contribution >= 0.6 is 0 Å². The summed E-state index contributed by atoms with van der Waals surface area (Å²) in [6.45, 7) is 6.49. The van der Waals surface area contributed by atoms with Crippen LogP contribution in [0.2, 0.25) is 0 Å². The van der Waals surface area contributed by atoms with Gasteiger partial charge in [0.1, 0.15) is 12.4 Å². The number of carbonyl (C=O) groups excluding carboxylic acids is 1. The molecule has 0 spiro atoms. The first kappa shape index (κ1) is 20.8. The monoisotopic (exact) mass is 431 g/mol. The van der Waals surface area contributed by atoms with Crippen LogP contribution in [0.15, 0.2) is 60.7 Å². The maximum absolute atomic E-state index is 13.0. The summed E-state index contributed by atoms with van der Waals surface area (Å²) in [6, 6.07) is 20.5. The lowest BCUT2D eigenvalue weighted by atomic mass is 9.80. The Morgan fingerprint density at radius 1 is 1.06 bits per heavy atom. The molecule has 2 aliphatic rings. The number of hydrogen-bond donors (Lipinski definition) is 1. The van der Waals surface area contributed by atoms with Gasteiger partial charge in [-0.3, -0.25) is 14.8 Å². The zero-order valence-corrected chi connectivity index (χ0v) is 18.4. The van der Waals surface area contributed by atoms with Crippen molar-refractivity contribution in [3.05, 3.63) is 83.4 Å². The second kappa shape index (κ2) is 8.84. The highest BCUT2D eigenvalue weighted by Gasteiger charge is 2.56. The Balaban J connectivity index is 1.27. The van der Waals surface area contributed by atoms with Crippen molar-refractivity contribution in [1.82, 2.24) is 25.0 Å². The van der Waals surface area contributed by atoms with Crippen LogP contribution in [0.4, 0.5) is 0 Å². The molecular formula is C25H29N5O2. The van der Waals surface area contributed by atoms with Crippen molar-refractivity contribution >= 4 is 5.91 Å². The Kier molecular flexibility index (Phi) is 5.76. The van der Waals surface area contributed by atoms with Crippen LogP contribution in [0.3, 0.4) is 0 Å². The number of likely N-dealkylation sites (tertiary alicyclic amines) is 2. The first-order chi connectivity index (χ1) is 15.6. The smallest absolute Gasteiger partial charge is 0.248 e. The van der Waals surface area contributed by atoms with Gasteiger partial charge in [-0.1, -0.05) is 60.7 Å². The quantitative estimate of drug-likeness (QED) is 0.622. The Bertz CT molecular complexity index is 1050. The van der Waals surface area contributed by atoms with Gasteiger partial charge in [-0.2, -0.15) is 5.10 Å². The highest BCUT2D eigenvalue weighted by molar-refractivity contribution is 5.78. The van der Waals surface area contributed by atoms with Crippen molar-refractivity contribution in [1.29, 1.82) is 0 Å². The molecule has 2 atom stereocenters. The third-order valence-corrected chi connectivity index (χ3v) is 6.66. The summed E-state index contributed by atoms with van der Waals surface area (Å²) in [6.07, 6.45) is 0. The zero-order valence-electron chi connectivity index (χ0n) is 18.4. The van der Waals surface area contributed by atoms with Crippen LogP contribution in [0.25, 0.3) is 0 Å². The molecule has 0 saturated carbocycles. The molecule has 3 aromatic rings. The fraction of sp³-hybridized carbons (Fsp3) is 0.400. The molecule has 0 unspecified atom stereocenters. The van der Waals surface area contributed by atoms with Crippen molar-refractivity contribution in [2.45, 2.75) is 25.5 Å². The van der Waals surface area contributed by atoms with Gasteiger partial charge in [-0.15, -0.1) is 0 Å².